The minimum Gasteiger partial charge on any atom is -0.437 e. The predicted molar refractivity (Wildman–Crippen MR) is 75.8 cm³/mol. The summed E-state index contributed by atoms with van der Waals surface area (Å²) >= 11 is 5.86. The van der Waals surface area contributed by atoms with Crippen LogP contribution in [-0.4, -0.2) is 9.97 Å². The summed E-state index contributed by atoms with van der Waals surface area (Å²) in [6.07, 6.45) is 1.70. The van der Waals surface area contributed by atoms with Gasteiger partial charge in [-0.25, -0.2) is 4.98 Å². The lowest BCUT2D eigenvalue weighted by Crippen LogP contribution is -1.91. The molecule has 0 aliphatic heterocycles. The average Bonchev–Trinajstić information content (AvgIpc) is 2.47. The van der Waals surface area contributed by atoms with E-state index in [1.807, 2.05) is 30.3 Å². The van der Waals surface area contributed by atoms with E-state index in [1.165, 1.54) is 12.1 Å². The number of nitrogens with zero attached hydrogens (tertiary/aromatic N) is 3. The molecule has 2 heterocycles. The van der Waals surface area contributed by atoms with E-state index in [9.17, 15) is 0 Å². The van der Waals surface area contributed by atoms with E-state index in [-0.39, 0.29) is 11.0 Å². The molecule has 96 valence electrons. The van der Waals surface area contributed by atoms with Gasteiger partial charge in [0.1, 0.15) is 10.7 Å². The fourth-order valence-electron chi connectivity index (χ4n) is 1.86. The molecule has 0 fully saturated rings. The monoisotopic (exact) mass is 281 g/mol. The molecule has 0 amide bonds. The normalized spacial score (nSPS) is 10.2. The maximum absolute atomic E-state index is 8.92. The van der Waals surface area contributed by atoms with Crippen LogP contribution in [0, 0.1) is 11.3 Å². The first-order valence-corrected chi connectivity index (χ1v) is 6.23. The molecule has 0 aliphatic carbocycles. The van der Waals surface area contributed by atoms with Gasteiger partial charge in [0.15, 0.2) is 5.75 Å². The van der Waals surface area contributed by atoms with E-state index >= 15 is 0 Å². The molecule has 3 rings (SSSR count). The summed E-state index contributed by atoms with van der Waals surface area (Å²) < 4.78 is 5.71. The summed E-state index contributed by atoms with van der Waals surface area (Å²) in [5.74, 6) is 0.842. The molecule has 0 N–H and O–H groups in total. The minimum atomic E-state index is 0.215. The van der Waals surface area contributed by atoms with Crippen molar-refractivity contribution in [3.8, 4) is 17.7 Å². The van der Waals surface area contributed by atoms with Gasteiger partial charge in [-0.3, -0.25) is 4.98 Å². The highest BCUT2D eigenvalue weighted by molar-refractivity contribution is 6.29. The van der Waals surface area contributed by atoms with Crippen LogP contribution in [0.4, 0.5) is 0 Å². The lowest BCUT2D eigenvalue weighted by molar-refractivity contribution is 0.467. The van der Waals surface area contributed by atoms with E-state index in [0.29, 0.717) is 11.3 Å². The third-order valence-electron chi connectivity index (χ3n) is 2.71. The molecule has 0 radical (unpaired) electrons. The molecule has 2 aromatic heterocycles. The van der Waals surface area contributed by atoms with Crippen LogP contribution in [0.1, 0.15) is 5.56 Å². The Morgan fingerprint density at radius 3 is 2.85 bits per heavy atom. The fraction of sp³-hybridized carbons (Fsp3) is 0. The van der Waals surface area contributed by atoms with Crippen LogP contribution >= 0.6 is 11.6 Å². The second-order valence-corrected chi connectivity index (χ2v) is 4.45. The smallest absolute Gasteiger partial charge is 0.222 e. The summed E-state index contributed by atoms with van der Waals surface area (Å²) in [5, 5.41) is 10.1. The van der Waals surface area contributed by atoms with Gasteiger partial charge in [0, 0.05) is 17.6 Å². The molecule has 0 bridgehead atoms. The van der Waals surface area contributed by atoms with E-state index < -0.39 is 0 Å². The molecule has 1 aromatic carbocycles. The van der Waals surface area contributed by atoms with Crippen molar-refractivity contribution in [2.24, 2.45) is 0 Å². The number of aromatic nitrogens is 2. The molecule has 5 heteroatoms. The Hall–Kier alpha value is -2.64. The number of pyridine rings is 2. The first-order chi connectivity index (χ1) is 9.76. The number of hydrogen-bond donors (Lipinski definition) is 0. The number of rotatable bonds is 2. The molecule has 0 aliphatic rings. The minimum absolute atomic E-state index is 0.215. The third kappa shape index (κ3) is 2.40. The Morgan fingerprint density at radius 1 is 1.15 bits per heavy atom. The van der Waals surface area contributed by atoms with Crippen molar-refractivity contribution < 1.29 is 4.74 Å². The molecule has 20 heavy (non-hydrogen) atoms. The van der Waals surface area contributed by atoms with Crippen LogP contribution in [0.25, 0.3) is 10.9 Å². The fourth-order valence-corrected chi connectivity index (χ4v) is 2.06. The zero-order valence-electron chi connectivity index (χ0n) is 10.2. The van der Waals surface area contributed by atoms with E-state index in [0.717, 1.165) is 10.9 Å². The Bertz CT molecular complexity index is 821. The number of benzene rings is 1. The Labute approximate surface area is 120 Å². The molecule has 0 saturated heterocycles. The number of nitriles is 1. The second kappa shape index (κ2) is 5.16. The van der Waals surface area contributed by atoms with Crippen LogP contribution in [0.5, 0.6) is 11.6 Å². The first kappa shape index (κ1) is 12.4. The number of ether oxygens (including phenoxy) is 1. The lowest BCUT2D eigenvalue weighted by atomic mass is 10.2. The molecule has 0 unspecified atom stereocenters. The number of hydrogen-bond acceptors (Lipinski definition) is 4. The number of halogens is 1. The van der Waals surface area contributed by atoms with Crippen LogP contribution in [0.2, 0.25) is 5.15 Å². The summed E-state index contributed by atoms with van der Waals surface area (Å²) in [5.41, 5.74) is 1.13. The van der Waals surface area contributed by atoms with E-state index in [1.54, 1.807) is 12.3 Å². The van der Waals surface area contributed by atoms with Crippen molar-refractivity contribution in [3.05, 3.63) is 59.4 Å². The van der Waals surface area contributed by atoms with Gasteiger partial charge in [-0.2, -0.15) is 5.26 Å². The summed E-state index contributed by atoms with van der Waals surface area (Å²) in [6, 6.07) is 14.4. The van der Waals surface area contributed by atoms with Gasteiger partial charge in [0.25, 0.3) is 0 Å². The maximum Gasteiger partial charge on any atom is 0.222 e. The second-order valence-electron chi connectivity index (χ2n) is 4.06. The quantitative estimate of drug-likeness (QED) is 0.667. The van der Waals surface area contributed by atoms with Crippen LogP contribution in [-0.2, 0) is 0 Å². The molecular formula is C15H8ClN3O. The lowest BCUT2D eigenvalue weighted by Gasteiger charge is -2.07. The zero-order chi connectivity index (χ0) is 13.9. The van der Waals surface area contributed by atoms with Crippen LogP contribution < -0.4 is 4.74 Å². The van der Waals surface area contributed by atoms with Gasteiger partial charge in [-0.15, -0.1) is 0 Å². The largest absolute Gasteiger partial charge is 0.437 e. The van der Waals surface area contributed by atoms with Gasteiger partial charge in [-0.1, -0.05) is 29.8 Å². The highest BCUT2D eigenvalue weighted by atomic mass is 35.5. The van der Waals surface area contributed by atoms with Crippen LogP contribution in [0.3, 0.4) is 0 Å². The van der Waals surface area contributed by atoms with Crippen molar-refractivity contribution in [1.29, 1.82) is 5.26 Å². The predicted octanol–water partition coefficient (Wildman–Crippen LogP) is 3.95. The van der Waals surface area contributed by atoms with Crippen molar-refractivity contribution >= 4 is 22.5 Å². The molecular weight excluding hydrogens is 274 g/mol. The third-order valence-corrected chi connectivity index (χ3v) is 2.90. The number of fused-ring (bicyclic) bond motifs is 1. The number of para-hydroxylation sites is 1. The first-order valence-electron chi connectivity index (χ1n) is 5.85. The summed E-state index contributed by atoms with van der Waals surface area (Å²) in [6.45, 7) is 0. The standard InChI is InChI=1S/C15H8ClN3O/c16-13-7-10(9-17)8-14(19-13)20-12-5-1-3-11-4-2-6-18-15(11)12/h1-8H. The topological polar surface area (TPSA) is 58.8 Å². The molecule has 0 saturated carbocycles. The molecule has 0 atom stereocenters. The average molecular weight is 282 g/mol. The summed E-state index contributed by atoms with van der Waals surface area (Å²) in [7, 11) is 0. The SMILES string of the molecule is N#Cc1cc(Cl)nc(Oc2cccc3cccnc23)c1. The highest BCUT2D eigenvalue weighted by Crippen LogP contribution is 2.28. The Kier molecular flexibility index (Phi) is 3.20. The Balaban J connectivity index is 2.06. The van der Waals surface area contributed by atoms with Gasteiger partial charge >= 0.3 is 0 Å². The van der Waals surface area contributed by atoms with E-state index in [2.05, 4.69) is 9.97 Å². The van der Waals surface area contributed by atoms with Crippen molar-refractivity contribution in [3.63, 3.8) is 0 Å². The van der Waals surface area contributed by atoms with Gasteiger partial charge in [-0.05, 0) is 18.2 Å². The van der Waals surface area contributed by atoms with Gasteiger partial charge in [0.2, 0.25) is 5.88 Å². The van der Waals surface area contributed by atoms with Gasteiger partial charge in [0.05, 0.1) is 11.6 Å². The van der Waals surface area contributed by atoms with Crippen LogP contribution in [0.15, 0.2) is 48.7 Å². The summed E-state index contributed by atoms with van der Waals surface area (Å²) in [4.78, 5) is 8.34. The van der Waals surface area contributed by atoms with Crippen molar-refractivity contribution in [1.82, 2.24) is 9.97 Å². The zero-order valence-corrected chi connectivity index (χ0v) is 11.0. The highest BCUT2D eigenvalue weighted by Gasteiger charge is 2.07. The maximum atomic E-state index is 8.92. The Morgan fingerprint density at radius 2 is 2.00 bits per heavy atom. The molecule has 0 spiro atoms. The van der Waals surface area contributed by atoms with E-state index in [4.69, 9.17) is 21.6 Å². The van der Waals surface area contributed by atoms with Crippen molar-refractivity contribution in [2.45, 2.75) is 0 Å². The van der Waals surface area contributed by atoms with Crippen molar-refractivity contribution in [2.75, 3.05) is 0 Å². The molecule has 4 nitrogen and oxygen atoms in total. The van der Waals surface area contributed by atoms with Gasteiger partial charge < -0.3 is 4.74 Å². The molecule has 3 aromatic rings.